The quantitative estimate of drug-likeness (QED) is 0.730. The van der Waals surface area contributed by atoms with Crippen molar-refractivity contribution in [3.05, 3.63) is 71.8 Å². The van der Waals surface area contributed by atoms with E-state index in [0.717, 1.165) is 17.6 Å². The molecule has 0 aromatic heterocycles. The van der Waals surface area contributed by atoms with E-state index in [-0.39, 0.29) is 18.4 Å². The number of hydrogen-bond donors (Lipinski definition) is 0. The molecule has 29 heavy (non-hydrogen) atoms. The molecule has 0 fully saturated rings. The first-order valence-electron chi connectivity index (χ1n) is 9.38. The van der Waals surface area contributed by atoms with E-state index in [1.54, 1.807) is 25.9 Å². The third kappa shape index (κ3) is 6.93. The smallest absolute Gasteiger partial charge is 0.345 e. The van der Waals surface area contributed by atoms with Gasteiger partial charge in [-0.2, -0.15) is 18.3 Å². The second-order valence-corrected chi connectivity index (χ2v) is 7.07. The van der Waals surface area contributed by atoms with Gasteiger partial charge in [0.15, 0.2) is 0 Å². The summed E-state index contributed by atoms with van der Waals surface area (Å²) in [6.45, 7) is 2.17. The molecule has 1 atom stereocenters. The molecule has 0 radical (unpaired) electrons. The Morgan fingerprint density at radius 1 is 1.21 bits per heavy atom. The van der Waals surface area contributed by atoms with Gasteiger partial charge in [0.1, 0.15) is 5.71 Å². The Hall–Kier alpha value is -2.83. The van der Waals surface area contributed by atoms with Crippen molar-refractivity contribution in [2.24, 2.45) is 5.10 Å². The topological polar surface area (TPSA) is 35.9 Å². The minimum Gasteiger partial charge on any atom is -0.345 e. The second-order valence-electron chi connectivity index (χ2n) is 7.07. The molecule has 2 aliphatic rings. The van der Waals surface area contributed by atoms with Crippen molar-refractivity contribution in [3.63, 3.8) is 0 Å². The van der Waals surface area contributed by atoms with Gasteiger partial charge in [0.25, 0.3) is 5.91 Å². The summed E-state index contributed by atoms with van der Waals surface area (Å²) in [6.07, 6.45) is 6.19. The standard InChI is InChI=1S/C12H13F3N2.C10H13NO/c1-9-7-11(12(13,14)15)16-17(9)8-10-5-3-2-4-6-10;1-11(2)10(12)9-7-5-3-4-6-8-9/h2-6,9H,7-8H2,1H3;3,5-8H,4H2,1-2H3. The van der Waals surface area contributed by atoms with Crippen molar-refractivity contribution in [2.75, 3.05) is 14.1 Å². The summed E-state index contributed by atoms with van der Waals surface area (Å²) in [4.78, 5) is 13.0. The highest BCUT2D eigenvalue weighted by Crippen LogP contribution is 2.28. The molecule has 0 N–H and O–H groups in total. The highest BCUT2D eigenvalue weighted by atomic mass is 19.4. The second kappa shape index (κ2) is 10.1. The summed E-state index contributed by atoms with van der Waals surface area (Å²) in [5.41, 5.74) is 1.03. The van der Waals surface area contributed by atoms with Gasteiger partial charge in [-0.15, -0.1) is 0 Å². The Balaban J connectivity index is 0.000000221. The molecular formula is C22H26F3N3O. The number of likely N-dealkylation sites (N-methyl/N-ethyl adjacent to an activating group) is 1. The highest BCUT2D eigenvalue weighted by Gasteiger charge is 2.41. The van der Waals surface area contributed by atoms with E-state index in [9.17, 15) is 18.0 Å². The van der Waals surface area contributed by atoms with E-state index >= 15 is 0 Å². The van der Waals surface area contributed by atoms with Crippen LogP contribution < -0.4 is 0 Å². The van der Waals surface area contributed by atoms with Crippen LogP contribution in [0.1, 0.15) is 25.3 Å². The van der Waals surface area contributed by atoms with E-state index in [0.29, 0.717) is 6.54 Å². The Bertz CT molecular complexity index is 808. The van der Waals surface area contributed by atoms with Crippen LogP contribution >= 0.6 is 0 Å². The molecule has 0 spiro atoms. The zero-order valence-electron chi connectivity index (χ0n) is 16.9. The number of nitrogens with zero attached hydrogens (tertiary/aromatic N) is 3. The molecule has 0 saturated heterocycles. The Morgan fingerprint density at radius 3 is 2.48 bits per heavy atom. The largest absolute Gasteiger partial charge is 0.431 e. The Labute approximate surface area is 169 Å². The summed E-state index contributed by atoms with van der Waals surface area (Å²) in [7, 11) is 3.51. The number of amides is 1. The van der Waals surface area contributed by atoms with Crippen LogP contribution in [0.15, 0.2) is 71.4 Å². The van der Waals surface area contributed by atoms with Crippen LogP contribution in [-0.4, -0.2) is 47.8 Å². The predicted molar refractivity (Wildman–Crippen MR) is 109 cm³/mol. The first kappa shape index (κ1) is 22.5. The number of carbonyl (C=O) groups is 1. The zero-order chi connectivity index (χ0) is 21.4. The summed E-state index contributed by atoms with van der Waals surface area (Å²) in [5, 5.41) is 5.16. The number of halogens is 3. The molecule has 0 saturated carbocycles. The van der Waals surface area contributed by atoms with Crippen LogP contribution in [-0.2, 0) is 11.3 Å². The van der Waals surface area contributed by atoms with E-state index < -0.39 is 11.9 Å². The van der Waals surface area contributed by atoms with Crippen LogP contribution in [0, 0.1) is 0 Å². The van der Waals surface area contributed by atoms with Gasteiger partial charge in [-0.3, -0.25) is 9.80 Å². The average molecular weight is 405 g/mol. The van der Waals surface area contributed by atoms with Gasteiger partial charge in [-0.1, -0.05) is 54.6 Å². The summed E-state index contributed by atoms with van der Waals surface area (Å²) in [6, 6.07) is 9.17. The lowest BCUT2D eigenvalue weighted by molar-refractivity contribution is -0.124. The van der Waals surface area contributed by atoms with Gasteiger partial charge in [-0.05, 0) is 25.0 Å². The lowest BCUT2D eigenvalue weighted by Crippen LogP contribution is -2.24. The normalized spacial score (nSPS) is 18.4. The first-order chi connectivity index (χ1) is 13.7. The minimum absolute atomic E-state index is 0.0314. The molecule has 1 heterocycles. The molecule has 3 rings (SSSR count). The molecule has 7 heteroatoms. The predicted octanol–water partition coefficient (Wildman–Crippen LogP) is 4.72. The van der Waals surface area contributed by atoms with Crippen LogP contribution in [0.4, 0.5) is 13.2 Å². The molecule has 1 aromatic carbocycles. The molecule has 1 aromatic rings. The lowest BCUT2D eigenvalue weighted by atomic mass is 10.1. The fourth-order valence-corrected chi connectivity index (χ4v) is 2.79. The highest BCUT2D eigenvalue weighted by molar-refractivity contribution is 5.96. The summed E-state index contributed by atoms with van der Waals surface area (Å²) < 4.78 is 37.5. The molecule has 156 valence electrons. The maximum absolute atomic E-state index is 12.5. The van der Waals surface area contributed by atoms with E-state index in [4.69, 9.17) is 0 Å². The molecule has 1 amide bonds. The number of alkyl halides is 3. The lowest BCUT2D eigenvalue weighted by Gasteiger charge is -2.19. The maximum Gasteiger partial charge on any atom is 0.431 e. The molecular weight excluding hydrogens is 379 g/mol. The number of hydrazone groups is 1. The number of hydrogen-bond acceptors (Lipinski definition) is 3. The average Bonchev–Trinajstić information content (AvgIpc) is 2.88. The van der Waals surface area contributed by atoms with Crippen LogP contribution in [0.2, 0.25) is 0 Å². The molecule has 1 aliphatic carbocycles. The molecule has 1 unspecified atom stereocenters. The molecule has 0 bridgehead atoms. The third-order valence-corrected chi connectivity index (χ3v) is 4.40. The fraction of sp³-hybridized carbons (Fsp3) is 0.364. The van der Waals surface area contributed by atoms with Gasteiger partial charge in [0, 0.05) is 26.1 Å². The van der Waals surface area contributed by atoms with Gasteiger partial charge in [0.2, 0.25) is 0 Å². The van der Waals surface area contributed by atoms with Crippen molar-refractivity contribution in [3.8, 4) is 0 Å². The summed E-state index contributed by atoms with van der Waals surface area (Å²) >= 11 is 0. The van der Waals surface area contributed by atoms with Gasteiger partial charge < -0.3 is 4.90 Å². The molecule has 1 aliphatic heterocycles. The van der Waals surface area contributed by atoms with Crippen molar-refractivity contribution in [1.29, 1.82) is 0 Å². The maximum atomic E-state index is 12.5. The monoisotopic (exact) mass is 405 g/mol. The molecule has 4 nitrogen and oxygen atoms in total. The first-order valence-corrected chi connectivity index (χ1v) is 9.38. The third-order valence-electron chi connectivity index (χ3n) is 4.40. The van der Waals surface area contributed by atoms with Crippen LogP contribution in [0.3, 0.4) is 0 Å². The Morgan fingerprint density at radius 2 is 1.90 bits per heavy atom. The van der Waals surface area contributed by atoms with Crippen molar-refractivity contribution in [2.45, 2.75) is 38.5 Å². The van der Waals surface area contributed by atoms with Gasteiger partial charge in [0.05, 0.1) is 12.6 Å². The van der Waals surface area contributed by atoms with E-state index in [1.807, 2.05) is 60.7 Å². The number of benzene rings is 1. The van der Waals surface area contributed by atoms with Crippen molar-refractivity contribution in [1.82, 2.24) is 9.91 Å². The summed E-state index contributed by atoms with van der Waals surface area (Å²) in [5.74, 6) is 0.0535. The number of carbonyl (C=O) groups excluding carboxylic acids is 1. The minimum atomic E-state index is -4.31. The SMILES string of the molecule is CC1CC(C(F)(F)F)=NN1Cc1ccccc1.CN(C)C(=O)C1=CC=CCC=C1. The van der Waals surface area contributed by atoms with Crippen molar-refractivity contribution >= 4 is 11.6 Å². The zero-order valence-corrected chi connectivity index (χ0v) is 16.9. The van der Waals surface area contributed by atoms with Gasteiger partial charge >= 0.3 is 6.18 Å². The van der Waals surface area contributed by atoms with Gasteiger partial charge in [-0.25, -0.2) is 0 Å². The number of rotatable bonds is 3. The van der Waals surface area contributed by atoms with E-state index in [1.165, 1.54) is 5.01 Å². The fourth-order valence-electron chi connectivity index (χ4n) is 2.79. The Kier molecular flexibility index (Phi) is 7.82. The van der Waals surface area contributed by atoms with Crippen molar-refractivity contribution < 1.29 is 18.0 Å². The number of allylic oxidation sites excluding steroid dienone is 4. The van der Waals surface area contributed by atoms with E-state index in [2.05, 4.69) is 5.10 Å². The van der Waals surface area contributed by atoms with Crippen LogP contribution in [0.5, 0.6) is 0 Å². The van der Waals surface area contributed by atoms with Crippen LogP contribution in [0.25, 0.3) is 0 Å².